The van der Waals surface area contributed by atoms with Gasteiger partial charge in [-0.2, -0.15) is 0 Å². The highest BCUT2D eigenvalue weighted by molar-refractivity contribution is 6.03. The Morgan fingerprint density at radius 1 is 0.436 bits per heavy atom. The topological polar surface area (TPSA) is 796 Å². The third-order valence-corrected chi connectivity index (χ3v) is 22.8. The van der Waals surface area contributed by atoms with Crippen LogP contribution in [0.3, 0.4) is 0 Å². The Balaban J connectivity index is 0.972. The third-order valence-electron chi connectivity index (χ3n) is 22.8. The number of carboxylic acid groups (broad SMARTS) is 2. The van der Waals surface area contributed by atoms with Crippen LogP contribution in [0.4, 0.5) is 0 Å². The van der Waals surface area contributed by atoms with Gasteiger partial charge in [0.25, 0.3) is 0 Å². The molecule has 6 heterocycles. The molecule has 5 saturated heterocycles. The van der Waals surface area contributed by atoms with Gasteiger partial charge in [-0.15, -0.1) is 0 Å². The molecule has 0 spiro atoms. The minimum absolute atomic E-state index is 0.0231. The number of nitrogens with zero attached hydrogens (tertiary/aromatic N) is 5. The molecule has 28 N–H and O–H groups in total. The molecule has 740 valence electrons. The lowest BCUT2D eigenvalue weighted by Gasteiger charge is -2.33. The lowest BCUT2D eigenvalue weighted by molar-refractivity contribution is -0.148. The van der Waals surface area contributed by atoms with Crippen molar-refractivity contribution in [2.45, 2.75) is 279 Å². The number of aliphatic hydroxyl groups excluding tert-OH is 5. The zero-order valence-electron chi connectivity index (χ0n) is 75.3. The molecule has 1 aromatic rings. The van der Waals surface area contributed by atoms with Crippen LogP contribution in [0.15, 0.2) is 12.5 Å². The summed E-state index contributed by atoms with van der Waals surface area (Å²) in [4.78, 5) is 295. The van der Waals surface area contributed by atoms with E-state index in [1.165, 1.54) is 68.8 Å². The molecule has 5 aliphatic rings. The van der Waals surface area contributed by atoms with Crippen LogP contribution in [-0.4, -0.2) is 388 Å². The van der Waals surface area contributed by atoms with Gasteiger partial charge in [-0.3, -0.25) is 101 Å². The Bertz CT molecular complexity index is 4360. The van der Waals surface area contributed by atoms with Crippen LogP contribution < -0.4 is 96.1 Å². The molecule has 6 rings (SSSR count). The maximum Gasteiger partial charge on any atom is 0.326 e. The smallest absolute Gasteiger partial charge is 0.326 e. The highest BCUT2D eigenvalue weighted by Gasteiger charge is 2.47. The van der Waals surface area contributed by atoms with Crippen LogP contribution in [-0.2, 0) is 107 Å². The van der Waals surface area contributed by atoms with Gasteiger partial charge in [0.05, 0.1) is 63.4 Å². The highest BCUT2D eigenvalue weighted by Crippen LogP contribution is 2.27. The number of hydrogen-bond acceptors (Lipinski definition) is 29. The van der Waals surface area contributed by atoms with Gasteiger partial charge in [0.1, 0.15) is 103 Å². The molecule has 53 nitrogen and oxygen atoms in total. The Hall–Kier alpha value is -12.9. The van der Waals surface area contributed by atoms with Gasteiger partial charge in [0, 0.05) is 51.0 Å². The Morgan fingerprint density at radius 3 is 1.36 bits per heavy atom. The third kappa shape index (κ3) is 32.0. The number of rotatable bonds is 49. The van der Waals surface area contributed by atoms with E-state index < -0.39 is 290 Å². The number of carboxylic acids is 2. The van der Waals surface area contributed by atoms with E-state index in [2.05, 4.69) is 100 Å². The lowest BCUT2D eigenvalue weighted by Crippen LogP contribution is -2.62. The normalized spacial score (nSPS) is 20.5. The SMILES string of the molecule is CC(C)[C@H](NC(=O)CNC(=O)[C@H](Cc1cnc[nH]1)NC(=O)[C@H](C)NC(=O)[C@@H]1CCCN1C(=O)[C@@H]1CCCN1C(=O)[C@H](C)NC(=O)[C@@H](NC(=O)[C@H](CO)NC(=O)CNC(=O)[C@@H]1CCCN1C(=O)[C@H](C)NC(=O)[C@@H]1CCCN1)[C@@H](C)O)C(=O)N[C@H](C(=O)N[C@@H](CO)C(=O)N[C@@H](C)C(=O)N1CCC[C@H]1C(=O)N[C@@H](CC(=O)O)C(=O)N[C@H](C(=O)N[C@@H](CCCNC(=N)N)C(=O)O)[C@@H](C)O)[C@@H](C)O. The molecular weight excluding hydrogens is 1760 g/mol. The summed E-state index contributed by atoms with van der Waals surface area (Å²) in [5, 5.41) is 120. The molecule has 5 fully saturated rings. The van der Waals surface area contributed by atoms with Crippen molar-refractivity contribution in [3.05, 3.63) is 18.2 Å². The Morgan fingerprint density at radius 2 is 0.865 bits per heavy atom. The van der Waals surface area contributed by atoms with E-state index >= 15 is 0 Å². The highest BCUT2D eigenvalue weighted by atomic mass is 16.4. The number of carbonyl (C=O) groups excluding carboxylic acids is 19. The van der Waals surface area contributed by atoms with E-state index in [9.17, 15) is 136 Å². The number of aliphatic carboxylic acids is 2. The number of aliphatic hydroxyl groups is 5. The quantitative estimate of drug-likeness (QED) is 0.0164. The maximum atomic E-state index is 14.5. The van der Waals surface area contributed by atoms with Gasteiger partial charge in [0.2, 0.25) is 112 Å². The van der Waals surface area contributed by atoms with E-state index in [1.54, 1.807) is 0 Å². The van der Waals surface area contributed by atoms with Gasteiger partial charge in [-0.25, -0.2) is 9.78 Å². The standard InChI is InChI=1S/C80H127N25O28/c1-36(2)58(71(124)101-61(43(9)110)74(127)97-50(34-107)66(119)91-39(5)76(129)103-25-13-20-53(103)70(123)96-48(29-57(113)114)65(118)99-60(42(8)109)73(126)94-46(79(132)133)17-11-23-85-80(81)82)98-56(112)32-86-63(116)47(28-44-30-83-35-88-44)95-62(115)37(3)89-69(122)52-19-14-26-104(52)78(131)54-21-15-27-105(54)77(130)40(6)92-72(125)59(41(7)108)100-67(120)49(33-106)93-55(111)31-87-68(121)51-18-12-24-102(51)75(128)38(4)90-64(117)45-16-10-22-84-45/h30,35-43,45-54,58-61,84,106-110H,10-29,31-34H2,1-9H3,(H,83,88)(H,86,116)(H,87,121)(H,89,122)(H,90,117)(H,91,119)(H,92,125)(H,93,111)(H,94,126)(H,95,115)(H,96,123)(H,97,127)(H,98,112)(H,99,118)(H,100,120)(H,101,124)(H,113,114)(H,132,133)(H4,81,82,85)/t37-,38-,39-,40-,41+,42+,43+,45-,46-,47-,48-,49-,50-,51-,52-,53-,54-,58-,59-,60-,61-/m0/s1. The summed E-state index contributed by atoms with van der Waals surface area (Å²) in [5.41, 5.74) is 5.55. The first-order valence-electron chi connectivity index (χ1n) is 43.9. The largest absolute Gasteiger partial charge is 0.481 e. The molecule has 0 radical (unpaired) electrons. The van der Waals surface area contributed by atoms with E-state index in [0.29, 0.717) is 37.9 Å². The van der Waals surface area contributed by atoms with Crippen molar-refractivity contribution < 1.29 is 136 Å². The summed E-state index contributed by atoms with van der Waals surface area (Å²) >= 11 is 0. The average molecular weight is 1890 g/mol. The van der Waals surface area contributed by atoms with Crippen LogP contribution >= 0.6 is 0 Å². The molecule has 21 atom stereocenters. The molecule has 5 aliphatic heterocycles. The molecule has 0 aliphatic carbocycles. The van der Waals surface area contributed by atoms with Gasteiger partial charge in [0.15, 0.2) is 5.96 Å². The summed E-state index contributed by atoms with van der Waals surface area (Å²) in [6, 6.07) is -26.3. The van der Waals surface area contributed by atoms with Crippen molar-refractivity contribution in [3.8, 4) is 0 Å². The van der Waals surface area contributed by atoms with Gasteiger partial charge in [-0.05, 0) is 138 Å². The Kier molecular flexibility index (Phi) is 42.4. The van der Waals surface area contributed by atoms with Crippen LogP contribution in [0.1, 0.15) is 151 Å². The van der Waals surface area contributed by atoms with Crippen molar-refractivity contribution >= 4 is 130 Å². The maximum absolute atomic E-state index is 14.5. The second-order valence-corrected chi connectivity index (χ2v) is 33.7. The van der Waals surface area contributed by atoms with Crippen LogP contribution in [0.2, 0.25) is 0 Å². The first kappa shape index (κ1) is 109. The zero-order valence-corrected chi connectivity index (χ0v) is 75.3. The molecule has 1 aromatic heterocycles. The summed E-state index contributed by atoms with van der Waals surface area (Å²) in [5.74, 6) is -22.2. The number of imidazole rings is 1. The van der Waals surface area contributed by atoms with Crippen LogP contribution in [0.25, 0.3) is 0 Å². The molecule has 19 amide bonds. The number of guanidine groups is 1. The lowest BCUT2D eigenvalue weighted by atomic mass is 10.0. The number of amides is 19. The molecule has 0 saturated carbocycles. The summed E-state index contributed by atoms with van der Waals surface area (Å²) < 4.78 is 0. The summed E-state index contributed by atoms with van der Waals surface area (Å²) in [7, 11) is 0. The van der Waals surface area contributed by atoms with E-state index in [0.717, 1.165) is 32.1 Å². The summed E-state index contributed by atoms with van der Waals surface area (Å²) in [6.45, 7) is 8.59. The second-order valence-electron chi connectivity index (χ2n) is 33.7. The number of nitrogens with two attached hydrogens (primary N) is 1. The van der Waals surface area contributed by atoms with E-state index in [1.807, 2.05) is 0 Å². The van der Waals surface area contributed by atoms with Gasteiger partial charge >= 0.3 is 11.9 Å². The minimum atomic E-state index is -1.96. The van der Waals surface area contributed by atoms with E-state index in [4.69, 9.17) is 11.1 Å². The fourth-order valence-electron chi connectivity index (χ4n) is 15.6. The zero-order chi connectivity index (χ0) is 99.1. The predicted molar refractivity (Wildman–Crippen MR) is 459 cm³/mol. The van der Waals surface area contributed by atoms with Crippen LogP contribution in [0.5, 0.6) is 0 Å². The minimum Gasteiger partial charge on any atom is -0.481 e. The van der Waals surface area contributed by atoms with Gasteiger partial charge in [-0.1, -0.05) is 13.8 Å². The average Bonchev–Trinajstić information content (AvgIpc) is 1.66. The summed E-state index contributed by atoms with van der Waals surface area (Å²) in [6.07, 6.45) is -0.916. The first-order chi connectivity index (χ1) is 62.7. The molecule has 0 aromatic carbocycles. The van der Waals surface area contributed by atoms with Crippen molar-refractivity contribution in [1.82, 2.24) is 120 Å². The van der Waals surface area contributed by atoms with Crippen LogP contribution in [0, 0.1) is 11.3 Å². The number of aromatic nitrogens is 2. The molecule has 53 heteroatoms. The number of nitrogens with one attached hydrogen (secondary N) is 19. The molecular formula is C80H127N25O28. The first-order valence-corrected chi connectivity index (χ1v) is 43.9. The fourth-order valence-corrected chi connectivity index (χ4v) is 15.6. The van der Waals surface area contributed by atoms with Crippen molar-refractivity contribution in [3.63, 3.8) is 0 Å². The fraction of sp³-hybridized carbons (Fsp3) is 0.688. The number of aromatic amines is 1. The number of likely N-dealkylation sites (tertiary alicyclic amines) is 4. The number of hydrogen-bond donors (Lipinski definition) is 27. The van der Waals surface area contributed by atoms with Crippen molar-refractivity contribution in [2.24, 2.45) is 11.7 Å². The molecule has 133 heavy (non-hydrogen) atoms. The number of carbonyl (C=O) groups is 21. The Labute approximate surface area is 763 Å². The second kappa shape index (κ2) is 51.8. The molecule has 0 unspecified atom stereocenters. The van der Waals surface area contributed by atoms with Crippen molar-refractivity contribution in [2.75, 3.05) is 65.6 Å². The molecule has 0 bridgehead atoms. The van der Waals surface area contributed by atoms with Gasteiger partial charge < -0.3 is 156 Å². The predicted octanol–water partition coefficient (Wildman–Crippen LogP) is -13.1. The van der Waals surface area contributed by atoms with E-state index in [-0.39, 0.29) is 90.0 Å². The number of H-pyrrole nitrogens is 1. The van der Waals surface area contributed by atoms with Crippen molar-refractivity contribution in [1.29, 1.82) is 5.41 Å². The monoisotopic (exact) mass is 1890 g/mol.